The number of hydrogen-bond donors (Lipinski definition) is 2. The summed E-state index contributed by atoms with van der Waals surface area (Å²) in [4.78, 5) is 18.3. The minimum Gasteiger partial charge on any atom is -0.369 e. The van der Waals surface area contributed by atoms with Crippen molar-refractivity contribution in [1.29, 1.82) is 0 Å². The zero-order chi connectivity index (χ0) is 21.4. The van der Waals surface area contributed by atoms with Gasteiger partial charge in [-0.2, -0.15) is 0 Å². The number of rotatable bonds is 4. The highest BCUT2D eigenvalue weighted by Gasteiger charge is 2.26. The third-order valence-corrected chi connectivity index (χ3v) is 5.80. The first-order valence-electron chi connectivity index (χ1n) is 10.1. The Bertz CT molecular complexity index is 1180. The Morgan fingerprint density at radius 2 is 1.94 bits per heavy atom. The molecular weight excluding hydrogens is 398 g/mol. The van der Waals surface area contributed by atoms with Crippen LogP contribution in [0.4, 0.5) is 25.8 Å². The van der Waals surface area contributed by atoms with Crippen LogP contribution in [0.3, 0.4) is 0 Å². The summed E-state index contributed by atoms with van der Waals surface area (Å²) < 4.78 is 28.4. The van der Waals surface area contributed by atoms with E-state index in [-0.39, 0.29) is 11.7 Å². The number of carbonyl (C=O) groups is 1. The smallest absolute Gasteiger partial charge is 0.257 e. The lowest BCUT2D eigenvalue weighted by molar-refractivity contribution is -0.110. The lowest BCUT2D eigenvalue weighted by Crippen LogP contribution is -2.20. The number of pyridine rings is 1. The molecule has 31 heavy (non-hydrogen) atoms. The zero-order valence-electron chi connectivity index (χ0n) is 16.6. The molecule has 3 heterocycles. The number of benzene rings is 2. The standard InChI is InChI=1S/C24H20F2N4O/c25-17-1-3-22-19(11-17)20(24(31)29-22)13-28-18-2-4-23(21(26)12-18)30-10-7-16(14-30)15-5-8-27-9-6-15/h1-6,8-9,11-13,16,28H,7,10,14H2,(H,29,31)/b20-13-. The third-order valence-electron chi connectivity index (χ3n) is 5.80. The molecule has 0 spiro atoms. The van der Waals surface area contributed by atoms with Crippen molar-refractivity contribution in [2.24, 2.45) is 0 Å². The number of aromatic nitrogens is 1. The van der Waals surface area contributed by atoms with Gasteiger partial charge in [0.2, 0.25) is 0 Å². The molecule has 5 rings (SSSR count). The molecule has 2 aliphatic rings. The summed E-state index contributed by atoms with van der Waals surface area (Å²) in [5.41, 5.74) is 3.62. The van der Waals surface area contributed by atoms with Crippen LogP contribution in [0.2, 0.25) is 0 Å². The fourth-order valence-corrected chi connectivity index (χ4v) is 4.20. The van der Waals surface area contributed by atoms with Gasteiger partial charge in [-0.15, -0.1) is 0 Å². The second-order valence-electron chi connectivity index (χ2n) is 7.72. The number of amides is 1. The van der Waals surface area contributed by atoms with Crippen LogP contribution in [0.15, 0.2) is 67.1 Å². The number of halogens is 2. The summed E-state index contributed by atoms with van der Waals surface area (Å²) in [6.07, 6.45) is 6.00. The molecule has 1 saturated heterocycles. The Balaban J connectivity index is 1.31. The number of carbonyl (C=O) groups excluding carboxylic acids is 1. The average molecular weight is 418 g/mol. The van der Waals surface area contributed by atoms with Crippen molar-refractivity contribution in [3.05, 3.63) is 89.9 Å². The highest BCUT2D eigenvalue weighted by atomic mass is 19.1. The monoisotopic (exact) mass is 418 g/mol. The van der Waals surface area contributed by atoms with E-state index in [9.17, 15) is 13.6 Å². The fraction of sp³-hybridized carbons (Fsp3) is 0.167. The summed E-state index contributed by atoms with van der Waals surface area (Å²) in [5.74, 6) is -0.732. The normalized spacial score (nSPS) is 18.9. The number of nitrogens with zero attached hydrogens (tertiary/aromatic N) is 2. The van der Waals surface area contributed by atoms with Gasteiger partial charge in [0.1, 0.15) is 11.6 Å². The lowest BCUT2D eigenvalue weighted by atomic mass is 10.00. The van der Waals surface area contributed by atoms with Crippen LogP contribution in [0, 0.1) is 11.6 Å². The molecule has 1 fully saturated rings. The Labute approximate surface area is 178 Å². The molecule has 0 bridgehead atoms. The molecule has 1 amide bonds. The first-order chi connectivity index (χ1) is 15.1. The maximum atomic E-state index is 14.9. The van der Waals surface area contributed by atoms with Crippen LogP contribution in [-0.4, -0.2) is 24.0 Å². The van der Waals surface area contributed by atoms with Crippen molar-refractivity contribution in [1.82, 2.24) is 4.98 Å². The maximum absolute atomic E-state index is 14.9. The molecule has 1 aromatic heterocycles. The molecule has 0 aliphatic carbocycles. The van der Waals surface area contributed by atoms with Crippen molar-refractivity contribution in [3.8, 4) is 0 Å². The summed E-state index contributed by atoms with van der Waals surface area (Å²) >= 11 is 0. The van der Waals surface area contributed by atoms with E-state index in [1.54, 1.807) is 24.5 Å². The van der Waals surface area contributed by atoms with Crippen LogP contribution in [0.5, 0.6) is 0 Å². The average Bonchev–Trinajstić information content (AvgIpc) is 3.37. The van der Waals surface area contributed by atoms with Gasteiger partial charge in [0.05, 0.1) is 11.3 Å². The van der Waals surface area contributed by atoms with E-state index in [0.717, 1.165) is 19.5 Å². The van der Waals surface area contributed by atoms with E-state index in [4.69, 9.17) is 0 Å². The van der Waals surface area contributed by atoms with E-state index in [1.807, 2.05) is 17.0 Å². The topological polar surface area (TPSA) is 57.3 Å². The molecule has 0 radical (unpaired) electrons. The van der Waals surface area contributed by atoms with Gasteiger partial charge in [0, 0.05) is 54.5 Å². The number of hydrogen-bond acceptors (Lipinski definition) is 4. The second-order valence-corrected chi connectivity index (χ2v) is 7.72. The highest BCUT2D eigenvalue weighted by molar-refractivity contribution is 6.31. The molecule has 3 aromatic rings. The van der Waals surface area contributed by atoms with Crippen molar-refractivity contribution < 1.29 is 13.6 Å². The summed E-state index contributed by atoms with van der Waals surface area (Å²) in [7, 11) is 0. The summed E-state index contributed by atoms with van der Waals surface area (Å²) in [6.45, 7) is 1.53. The van der Waals surface area contributed by atoms with Crippen LogP contribution in [0.25, 0.3) is 5.57 Å². The van der Waals surface area contributed by atoms with Crippen molar-refractivity contribution in [2.75, 3.05) is 28.6 Å². The Kier molecular flexibility index (Phi) is 4.86. The second kappa shape index (κ2) is 7.83. The van der Waals surface area contributed by atoms with E-state index >= 15 is 0 Å². The van der Waals surface area contributed by atoms with E-state index in [1.165, 1.54) is 36.0 Å². The van der Waals surface area contributed by atoms with Crippen LogP contribution < -0.4 is 15.5 Å². The number of fused-ring (bicyclic) bond motifs is 1. The molecule has 1 atom stereocenters. The zero-order valence-corrected chi connectivity index (χ0v) is 16.6. The molecule has 0 saturated carbocycles. The third kappa shape index (κ3) is 3.74. The van der Waals surface area contributed by atoms with E-state index in [2.05, 4.69) is 15.6 Å². The van der Waals surface area contributed by atoms with Crippen molar-refractivity contribution in [2.45, 2.75) is 12.3 Å². The number of anilines is 3. The maximum Gasteiger partial charge on any atom is 0.257 e. The van der Waals surface area contributed by atoms with Crippen LogP contribution >= 0.6 is 0 Å². The first-order valence-corrected chi connectivity index (χ1v) is 10.1. The van der Waals surface area contributed by atoms with Gasteiger partial charge >= 0.3 is 0 Å². The van der Waals surface area contributed by atoms with Gasteiger partial charge in [0.25, 0.3) is 5.91 Å². The van der Waals surface area contributed by atoms with Gasteiger partial charge in [-0.1, -0.05) is 0 Å². The lowest BCUT2D eigenvalue weighted by Gasteiger charge is -2.20. The summed E-state index contributed by atoms with van der Waals surface area (Å²) in [6, 6.07) is 13.1. The molecule has 156 valence electrons. The number of nitrogens with one attached hydrogen (secondary N) is 2. The molecule has 5 nitrogen and oxygen atoms in total. The molecule has 2 aliphatic heterocycles. The van der Waals surface area contributed by atoms with Gasteiger partial charge < -0.3 is 15.5 Å². The quantitative estimate of drug-likeness (QED) is 0.600. The van der Waals surface area contributed by atoms with Gasteiger partial charge in [0.15, 0.2) is 0 Å². The van der Waals surface area contributed by atoms with Gasteiger partial charge in [-0.05, 0) is 60.5 Å². The molecule has 2 aromatic carbocycles. The largest absolute Gasteiger partial charge is 0.369 e. The molecule has 2 N–H and O–H groups in total. The predicted octanol–water partition coefficient (Wildman–Crippen LogP) is 4.76. The Morgan fingerprint density at radius 1 is 1.10 bits per heavy atom. The molecule has 1 unspecified atom stereocenters. The van der Waals surface area contributed by atoms with Gasteiger partial charge in [-0.25, -0.2) is 8.78 Å². The van der Waals surface area contributed by atoms with Crippen molar-refractivity contribution >= 4 is 28.5 Å². The van der Waals surface area contributed by atoms with Crippen LogP contribution in [0.1, 0.15) is 23.5 Å². The highest BCUT2D eigenvalue weighted by Crippen LogP contribution is 2.34. The Hall–Kier alpha value is -3.74. The first kappa shape index (κ1) is 19.2. The predicted molar refractivity (Wildman–Crippen MR) is 117 cm³/mol. The van der Waals surface area contributed by atoms with E-state index < -0.39 is 5.82 Å². The minimum atomic E-state index is -0.424. The fourth-order valence-electron chi connectivity index (χ4n) is 4.20. The van der Waals surface area contributed by atoms with Crippen molar-refractivity contribution in [3.63, 3.8) is 0 Å². The van der Waals surface area contributed by atoms with Crippen LogP contribution in [-0.2, 0) is 4.79 Å². The van der Waals surface area contributed by atoms with E-state index in [0.29, 0.717) is 34.1 Å². The van der Waals surface area contributed by atoms with Gasteiger partial charge in [-0.3, -0.25) is 9.78 Å². The summed E-state index contributed by atoms with van der Waals surface area (Å²) in [5, 5.41) is 5.65. The molecular formula is C24H20F2N4O. The Morgan fingerprint density at radius 3 is 2.74 bits per heavy atom. The molecule has 7 heteroatoms. The SMILES string of the molecule is O=C1Nc2ccc(F)cc2/C1=C/Nc1ccc(N2CCC(c3ccncc3)C2)c(F)c1. The minimum absolute atomic E-state index is 0.304.